The molecule has 1 aliphatic rings. The summed E-state index contributed by atoms with van der Waals surface area (Å²) in [6.07, 6.45) is 0.831. The first-order valence-corrected chi connectivity index (χ1v) is 10.3. The van der Waals surface area contributed by atoms with Crippen molar-refractivity contribution in [2.75, 3.05) is 10.2 Å². The van der Waals surface area contributed by atoms with Gasteiger partial charge < -0.3 is 5.32 Å². The highest BCUT2D eigenvalue weighted by atomic mass is 19.2. The number of nitrogens with zero attached hydrogens (tertiary/aromatic N) is 1. The van der Waals surface area contributed by atoms with Gasteiger partial charge in [0, 0.05) is 11.8 Å². The van der Waals surface area contributed by atoms with Crippen LogP contribution in [0.4, 0.5) is 20.2 Å². The van der Waals surface area contributed by atoms with E-state index in [-0.39, 0.29) is 17.0 Å². The van der Waals surface area contributed by atoms with E-state index in [1.165, 1.54) is 6.07 Å². The van der Waals surface area contributed by atoms with Gasteiger partial charge in [-0.25, -0.2) is 13.7 Å². The molecule has 4 nitrogen and oxygen atoms in total. The summed E-state index contributed by atoms with van der Waals surface area (Å²) in [5, 5.41) is 2.85. The SMILES string of the molecule is CCc1ccc(N2C(=O)C(Nc3ccc(F)c(F)c3)=C(c3ccc(C)c(C)c3)C2=O)cc1. The zero-order chi connectivity index (χ0) is 23.0. The highest BCUT2D eigenvalue weighted by molar-refractivity contribution is 6.46. The average molecular weight is 432 g/mol. The number of carbonyl (C=O) groups excluding carboxylic acids is 2. The third kappa shape index (κ3) is 3.80. The lowest BCUT2D eigenvalue weighted by Crippen LogP contribution is -2.32. The van der Waals surface area contributed by atoms with Crippen LogP contribution >= 0.6 is 0 Å². The lowest BCUT2D eigenvalue weighted by atomic mass is 9.99. The molecule has 6 heteroatoms. The molecule has 162 valence electrons. The van der Waals surface area contributed by atoms with Crippen molar-refractivity contribution in [1.29, 1.82) is 0 Å². The Balaban J connectivity index is 1.82. The zero-order valence-corrected chi connectivity index (χ0v) is 18.0. The van der Waals surface area contributed by atoms with Crippen LogP contribution in [-0.4, -0.2) is 11.8 Å². The first kappa shape index (κ1) is 21.4. The van der Waals surface area contributed by atoms with Gasteiger partial charge >= 0.3 is 0 Å². The molecule has 0 bridgehead atoms. The number of anilines is 2. The second-order valence-electron chi connectivity index (χ2n) is 7.77. The molecule has 0 unspecified atom stereocenters. The molecule has 0 spiro atoms. The van der Waals surface area contributed by atoms with Crippen LogP contribution in [0.25, 0.3) is 5.57 Å². The summed E-state index contributed by atoms with van der Waals surface area (Å²) in [6.45, 7) is 5.89. The quantitative estimate of drug-likeness (QED) is 0.539. The molecule has 0 saturated carbocycles. The van der Waals surface area contributed by atoms with Crippen molar-refractivity contribution in [3.8, 4) is 0 Å². The van der Waals surface area contributed by atoms with Gasteiger partial charge in [0.2, 0.25) is 0 Å². The molecule has 1 N–H and O–H groups in total. The van der Waals surface area contributed by atoms with Crippen LogP contribution in [0.2, 0.25) is 0 Å². The maximum Gasteiger partial charge on any atom is 0.282 e. The number of amides is 2. The third-order valence-corrected chi connectivity index (χ3v) is 5.67. The molecule has 0 fully saturated rings. The summed E-state index contributed by atoms with van der Waals surface area (Å²) in [4.78, 5) is 27.9. The van der Waals surface area contributed by atoms with Gasteiger partial charge in [0.25, 0.3) is 11.8 Å². The van der Waals surface area contributed by atoms with Crippen molar-refractivity contribution >= 4 is 28.8 Å². The molecule has 0 saturated heterocycles. The molecule has 32 heavy (non-hydrogen) atoms. The minimum Gasteiger partial charge on any atom is -0.350 e. The first-order chi connectivity index (χ1) is 15.3. The van der Waals surface area contributed by atoms with E-state index < -0.39 is 23.4 Å². The van der Waals surface area contributed by atoms with E-state index in [0.29, 0.717) is 11.3 Å². The normalized spacial score (nSPS) is 13.8. The van der Waals surface area contributed by atoms with Gasteiger partial charge in [0.1, 0.15) is 5.70 Å². The van der Waals surface area contributed by atoms with Gasteiger partial charge in [-0.15, -0.1) is 0 Å². The largest absolute Gasteiger partial charge is 0.350 e. The molecule has 0 atom stereocenters. The van der Waals surface area contributed by atoms with E-state index >= 15 is 0 Å². The van der Waals surface area contributed by atoms with E-state index in [2.05, 4.69) is 5.32 Å². The Labute approximate surface area is 185 Å². The number of hydrogen-bond donors (Lipinski definition) is 1. The molecule has 3 aromatic rings. The maximum absolute atomic E-state index is 13.8. The van der Waals surface area contributed by atoms with Crippen LogP contribution in [0.5, 0.6) is 0 Å². The van der Waals surface area contributed by atoms with Crippen LogP contribution < -0.4 is 10.2 Å². The Bertz CT molecular complexity index is 1260. The molecule has 1 heterocycles. The smallest absolute Gasteiger partial charge is 0.282 e. The molecule has 0 aliphatic carbocycles. The van der Waals surface area contributed by atoms with Crippen LogP contribution in [0.1, 0.15) is 29.2 Å². The van der Waals surface area contributed by atoms with E-state index in [1.807, 2.05) is 45.0 Å². The standard InChI is InChI=1S/C26H22F2N2O2/c1-4-17-6-10-20(11-7-17)30-25(31)23(18-8-5-15(2)16(3)13-18)24(26(30)32)29-19-9-12-21(27)22(28)14-19/h5-14,29H,4H2,1-3H3. The van der Waals surface area contributed by atoms with Crippen LogP contribution in [-0.2, 0) is 16.0 Å². The summed E-state index contributed by atoms with van der Waals surface area (Å²) in [5.74, 6) is -3.08. The van der Waals surface area contributed by atoms with Crippen molar-refractivity contribution in [2.45, 2.75) is 27.2 Å². The molecule has 0 radical (unpaired) electrons. The van der Waals surface area contributed by atoms with Crippen LogP contribution in [0.3, 0.4) is 0 Å². The van der Waals surface area contributed by atoms with Gasteiger partial charge in [-0.1, -0.05) is 37.3 Å². The summed E-state index contributed by atoms with van der Waals surface area (Å²) in [5.41, 5.74) is 4.48. The summed E-state index contributed by atoms with van der Waals surface area (Å²) in [7, 11) is 0. The minimum absolute atomic E-state index is 0.0174. The Morgan fingerprint density at radius 3 is 2.16 bits per heavy atom. The topological polar surface area (TPSA) is 49.4 Å². The molecule has 3 aromatic carbocycles. The fraction of sp³-hybridized carbons (Fsp3) is 0.154. The van der Waals surface area contributed by atoms with Gasteiger partial charge in [0.15, 0.2) is 11.6 Å². The number of imide groups is 1. The summed E-state index contributed by atoms with van der Waals surface area (Å²) >= 11 is 0. The fourth-order valence-electron chi connectivity index (χ4n) is 3.64. The van der Waals surface area contributed by atoms with Crippen molar-refractivity contribution < 1.29 is 18.4 Å². The van der Waals surface area contributed by atoms with Crippen molar-refractivity contribution in [2.24, 2.45) is 0 Å². The van der Waals surface area contributed by atoms with Crippen molar-refractivity contribution in [3.63, 3.8) is 0 Å². The lowest BCUT2D eigenvalue weighted by Gasteiger charge is -2.16. The van der Waals surface area contributed by atoms with Gasteiger partial charge in [-0.2, -0.15) is 0 Å². The molecule has 4 rings (SSSR count). The van der Waals surface area contributed by atoms with Crippen molar-refractivity contribution in [3.05, 3.63) is 100 Å². The number of carbonyl (C=O) groups is 2. The Morgan fingerprint density at radius 2 is 1.53 bits per heavy atom. The Morgan fingerprint density at radius 1 is 0.812 bits per heavy atom. The average Bonchev–Trinajstić information content (AvgIpc) is 3.02. The maximum atomic E-state index is 13.8. The number of nitrogens with one attached hydrogen (secondary N) is 1. The summed E-state index contributed by atoms with van der Waals surface area (Å²) < 4.78 is 27.1. The van der Waals surface area contributed by atoms with E-state index in [4.69, 9.17) is 0 Å². The van der Waals surface area contributed by atoms with E-state index in [9.17, 15) is 18.4 Å². The highest BCUT2D eigenvalue weighted by Crippen LogP contribution is 2.34. The van der Waals surface area contributed by atoms with E-state index in [1.54, 1.807) is 18.2 Å². The number of aryl methyl sites for hydroxylation is 3. The first-order valence-electron chi connectivity index (χ1n) is 10.3. The zero-order valence-electron chi connectivity index (χ0n) is 18.0. The van der Waals surface area contributed by atoms with E-state index in [0.717, 1.165) is 40.1 Å². The number of rotatable bonds is 5. The van der Waals surface area contributed by atoms with Gasteiger partial charge in [-0.3, -0.25) is 9.59 Å². The Kier molecular flexibility index (Phi) is 5.61. The van der Waals surface area contributed by atoms with Crippen molar-refractivity contribution in [1.82, 2.24) is 0 Å². The molecule has 2 amide bonds. The lowest BCUT2D eigenvalue weighted by molar-refractivity contribution is -0.120. The molecule has 0 aromatic heterocycles. The second kappa shape index (κ2) is 8.38. The fourth-order valence-corrected chi connectivity index (χ4v) is 3.64. The minimum atomic E-state index is -1.05. The molecular weight excluding hydrogens is 410 g/mol. The van der Waals surface area contributed by atoms with Crippen LogP contribution in [0.15, 0.2) is 66.4 Å². The summed E-state index contributed by atoms with van der Waals surface area (Å²) in [6, 6.07) is 15.9. The monoisotopic (exact) mass is 432 g/mol. The predicted octanol–water partition coefficient (Wildman–Crippen LogP) is 5.54. The molecule has 1 aliphatic heterocycles. The predicted molar refractivity (Wildman–Crippen MR) is 121 cm³/mol. The number of halogens is 2. The number of hydrogen-bond acceptors (Lipinski definition) is 3. The second-order valence-corrected chi connectivity index (χ2v) is 7.77. The van der Waals surface area contributed by atoms with Crippen LogP contribution in [0, 0.1) is 25.5 Å². The third-order valence-electron chi connectivity index (χ3n) is 5.67. The Hall–Kier alpha value is -3.80. The number of benzene rings is 3. The highest BCUT2D eigenvalue weighted by Gasteiger charge is 2.40. The van der Waals surface area contributed by atoms with Gasteiger partial charge in [0.05, 0.1) is 11.3 Å². The van der Waals surface area contributed by atoms with Gasteiger partial charge in [-0.05, 0) is 66.8 Å². The molecular formula is C26H22F2N2O2.